The molecule has 2 aromatic rings. The van der Waals surface area contributed by atoms with Gasteiger partial charge in [-0.3, -0.25) is 0 Å². The van der Waals surface area contributed by atoms with Crippen LogP contribution < -0.4 is 16.4 Å². The smallest absolute Gasteiger partial charge is 0.154 e. The first-order valence-electron chi connectivity index (χ1n) is 9.07. The van der Waals surface area contributed by atoms with Crippen LogP contribution in [0.4, 0.5) is 5.82 Å². The zero-order valence-corrected chi connectivity index (χ0v) is 15.8. The highest BCUT2D eigenvalue weighted by molar-refractivity contribution is 5.51. The maximum atomic E-state index is 5.98. The molecular formula is C20H28N6. The molecule has 0 amide bonds. The minimum atomic E-state index is 0.272. The average molecular weight is 352 g/mol. The molecule has 1 fully saturated rings. The van der Waals surface area contributed by atoms with Crippen LogP contribution in [0.1, 0.15) is 29.3 Å². The molecule has 1 aromatic heterocycles. The SMILES string of the molecule is Cc1c(Cc2ccccc2)nnc(N2CCN(/C(N)=C/N)[C@H](C)C2)c1C. The first kappa shape index (κ1) is 18.0. The number of hydrogen-bond acceptors (Lipinski definition) is 6. The predicted molar refractivity (Wildman–Crippen MR) is 106 cm³/mol. The van der Waals surface area contributed by atoms with Crippen LogP contribution in [-0.4, -0.2) is 40.8 Å². The van der Waals surface area contributed by atoms with Gasteiger partial charge in [0.25, 0.3) is 0 Å². The molecule has 0 spiro atoms. The van der Waals surface area contributed by atoms with Crippen molar-refractivity contribution in [3.63, 3.8) is 0 Å². The molecule has 3 rings (SSSR count). The Morgan fingerprint density at radius 3 is 2.54 bits per heavy atom. The summed E-state index contributed by atoms with van der Waals surface area (Å²) in [6.07, 6.45) is 2.28. The van der Waals surface area contributed by atoms with Crippen molar-refractivity contribution in [3.05, 3.63) is 64.7 Å². The Hall–Kier alpha value is -2.76. The minimum absolute atomic E-state index is 0.272. The summed E-state index contributed by atoms with van der Waals surface area (Å²) in [6, 6.07) is 10.7. The Morgan fingerprint density at radius 1 is 1.15 bits per heavy atom. The highest BCUT2D eigenvalue weighted by Crippen LogP contribution is 2.25. The van der Waals surface area contributed by atoms with Crippen molar-refractivity contribution in [3.8, 4) is 0 Å². The number of aromatic nitrogens is 2. The van der Waals surface area contributed by atoms with Crippen molar-refractivity contribution in [2.45, 2.75) is 33.2 Å². The largest absolute Gasteiger partial charge is 0.402 e. The molecule has 1 atom stereocenters. The number of rotatable bonds is 4. The number of piperazine rings is 1. The fraction of sp³-hybridized carbons (Fsp3) is 0.400. The third-order valence-corrected chi connectivity index (χ3v) is 5.24. The molecule has 138 valence electrons. The number of hydrogen-bond donors (Lipinski definition) is 2. The third kappa shape index (κ3) is 3.59. The molecule has 0 unspecified atom stereocenters. The van der Waals surface area contributed by atoms with Crippen molar-refractivity contribution in [1.82, 2.24) is 15.1 Å². The van der Waals surface area contributed by atoms with E-state index in [4.69, 9.17) is 11.5 Å². The zero-order valence-electron chi connectivity index (χ0n) is 15.8. The van der Waals surface area contributed by atoms with E-state index in [2.05, 4.69) is 65.0 Å². The summed E-state index contributed by atoms with van der Waals surface area (Å²) < 4.78 is 0. The van der Waals surface area contributed by atoms with E-state index in [-0.39, 0.29) is 6.04 Å². The third-order valence-electron chi connectivity index (χ3n) is 5.24. The summed E-state index contributed by atoms with van der Waals surface area (Å²) in [6.45, 7) is 8.96. The van der Waals surface area contributed by atoms with E-state index in [1.54, 1.807) is 0 Å². The zero-order chi connectivity index (χ0) is 18.7. The minimum Gasteiger partial charge on any atom is -0.402 e. The topological polar surface area (TPSA) is 84.3 Å². The van der Waals surface area contributed by atoms with Crippen molar-refractivity contribution in [2.24, 2.45) is 11.5 Å². The van der Waals surface area contributed by atoms with Gasteiger partial charge in [0.2, 0.25) is 0 Å². The van der Waals surface area contributed by atoms with Crippen LogP contribution in [0.15, 0.2) is 42.4 Å². The molecule has 0 saturated carbocycles. The van der Waals surface area contributed by atoms with E-state index in [0.717, 1.165) is 37.6 Å². The van der Waals surface area contributed by atoms with Gasteiger partial charge in [0.1, 0.15) is 5.82 Å². The van der Waals surface area contributed by atoms with E-state index in [9.17, 15) is 0 Å². The maximum Gasteiger partial charge on any atom is 0.154 e. The number of anilines is 1. The van der Waals surface area contributed by atoms with Crippen molar-refractivity contribution in [1.29, 1.82) is 0 Å². The van der Waals surface area contributed by atoms with Crippen LogP contribution in [0.5, 0.6) is 0 Å². The molecule has 1 aliphatic rings. The predicted octanol–water partition coefficient (Wildman–Crippen LogP) is 1.91. The van der Waals surface area contributed by atoms with E-state index in [1.165, 1.54) is 22.9 Å². The lowest BCUT2D eigenvalue weighted by Crippen LogP contribution is -2.53. The summed E-state index contributed by atoms with van der Waals surface area (Å²) in [4.78, 5) is 4.43. The monoisotopic (exact) mass is 352 g/mol. The van der Waals surface area contributed by atoms with Gasteiger partial charge in [-0.1, -0.05) is 30.3 Å². The molecule has 4 N–H and O–H groups in total. The standard InChI is InChI=1S/C20H28N6/c1-14-13-25(9-10-26(14)19(22)12-21)20-16(3)15(2)18(23-24-20)11-17-7-5-4-6-8-17/h4-8,12,14H,9-11,13,21-22H2,1-3H3/b19-12+/t14-/m1/s1. The van der Waals surface area contributed by atoms with E-state index in [0.29, 0.717) is 5.82 Å². The molecule has 1 saturated heterocycles. The first-order chi connectivity index (χ1) is 12.5. The van der Waals surface area contributed by atoms with Crippen molar-refractivity contribution in [2.75, 3.05) is 24.5 Å². The van der Waals surface area contributed by atoms with Crippen molar-refractivity contribution >= 4 is 5.82 Å². The Bertz CT molecular complexity index is 786. The van der Waals surface area contributed by atoms with Gasteiger partial charge in [-0.2, -0.15) is 5.10 Å². The lowest BCUT2D eigenvalue weighted by atomic mass is 10.0. The van der Waals surface area contributed by atoms with E-state index in [1.807, 2.05) is 6.07 Å². The second-order valence-corrected chi connectivity index (χ2v) is 6.96. The normalized spacial score (nSPS) is 18.3. The second-order valence-electron chi connectivity index (χ2n) is 6.96. The summed E-state index contributed by atoms with van der Waals surface area (Å²) in [5.41, 5.74) is 16.3. The van der Waals surface area contributed by atoms with Crippen molar-refractivity contribution < 1.29 is 0 Å². The van der Waals surface area contributed by atoms with E-state index >= 15 is 0 Å². The molecular weight excluding hydrogens is 324 g/mol. The number of nitrogens with two attached hydrogens (primary N) is 2. The summed E-state index contributed by atoms with van der Waals surface area (Å²) in [7, 11) is 0. The van der Waals surface area contributed by atoms with Crippen LogP contribution >= 0.6 is 0 Å². The van der Waals surface area contributed by atoms with Crippen LogP contribution in [0.3, 0.4) is 0 Å². The average Bonchev–Trinajstić information content (AvgIpc) is 2.66. The quantitative estimate of drug-likeness (QED) is 0.874. The summed E-state index contributed by atoms with van der Waals surface area (Å²) in [5, 5.41) is 9.11. The molecule has 2 heterocycles. The molecule has 6 heteroatoms. The second kappa shape index (κ2) is 7.64. The van der Waals surface area contributed by atoms with Crippen LogP contribution in [0.2, 0.25) is 0 Å². The van der Waals surface area contributed by atoms with Gasteiger partial charge in [-0.15, -0.1) is 5.10 Å². The number of benzene rings is 1. The molecule has 0 bridgehead atoms. The molecule has 0 aliphatic carbocycles. The molecule has 1 aliphatic heterocycles. The lowest BCUT2D eigenvalue weighted by Gasteiger charge is -2.41. The molecule has 6 nitrogen and oxygen atoms in total. The van der Waals surface area contributed by atoms with Crippen LogP contribution in [0, 0.1) is 13.8 Å². The van der Waals surface area contributed by atoms with Gasteiger partial charge in [-0.05, 0) is 37.5 Å². The molecule has 1 aromatic carbocycles. The lowest BCUT2D eigenvalue weighted by molar-refractivity contribution is 0.239. The Kier molecular flexibility index (Phi) is 5.30. The van der Waals surface area contributed by atoms with Gasteiger partial charge in [0.15, 0.2) is 5.82 Å². The van der Waals surface area contributed by atoms with Crippen LogP contribution in [0.25, 0.3) is 0 Å². The van der Waals surface area contributed by atoms with Gasteiger partial charge in [0, 0.05) is 38.3 Å². The molecule has 0 radical (unpaired) electrons. The highest BCUT2D eigenvalue weighted by atomic mass is 15.3. The molecule has 26 heavy (non-hydrogen) atoms. The Balaban J connectivity index is 1.79. The van der Waals surface area contributed by atoms with E-state index < -0.39 is 0 Å². The number of nitrogens with zero attached hydrogens (tertiary/aromatic N) is 4. The summed E-state index contributed by atoms with van der Waals surface area (Å²) in [5.74, 6) is 1.61. The van der Waals surface area contributed by atoms with Gasteiger partial charge in [-0.25, -0.2) is 0 Å². The fourth-order valence-corrected chi connectivity index (χ4v) is 3.53. The first-order valence-corrected chi connectivity index (χ1v) is 9.07. The van der Waals surface area contributed by atoms with Gasteiger partial charge in [0.05, 0.1) is 5.69 Å². The summed E-state index contributed by atoms with van der Waals surface area (Å²) >= 11 is 0. The highest BCUT2D eigenvalue weighted by Gasteiger charge is 2.26. The van der Waals surface area contributed by atoms with Gasteiger partial charge < -0.3 is 21.3 Å². The van der Waals surface area contributed by atoms with Crippen LogP contribution in [-0.2, 0) is 6.42 Å². The maximum absolute atomic E-state index is 5.98. The fourth-order valence-electron chi connectivity index (χ4n) is 3.53. The Labute approximate surface area is 155 Å². The van der Waals surface area contributed by atoms with Gasteiger partial charge >= 0.3 is 0 Å². The Morgan fingerprint density at radius 2 is 1.88 bits per heavy atom.